The van der Waals surface area contributed by atoms with Crippen LogP contribution in [0.2, 0.25) is 10.0 Å². The van der Waals surface area contributed by atoms with Gasteiger partial charge in [-0.2, -0.15) is 13.2 Å². The van der Waals surface area contributed by atoms with Crippen LogP contribution < -0.4 is 0 Å². The lowest BCUT2D eigenvalue weighted by Gasteiger charge is -2.45. The van der Waals surface area contributed by atoms with Gasteiger partial charge in [-0.1, -0.05) is 29.3 Å². The van der Waals surface area contributed by atoms with Crippen LogP contribution in [0.1, 0.15) is 5.56 Å². The molecule has 1 amide bonds. The Labute approximate surface area is 115 Å². The number of carbonyl (C=O) groups is 1. The van der Waals surface area contributed by atoms with Crippen molar-refractivity contribution in [3.8, 4) is 0 Å². The second-order valence-electron chi connectivity index (χ2n) is 4.22. The molecular weight excluding hydrogens is 309 g/mol. The van der Waals surface area contributed by atoms with Crippen molar-refractivity contribution >= 4 is 29.1 Å². The molecule has 0 aliphatic carbocycles. The third-order valence-electron chi connectivity index (χ3n) is 2.82. The molecule has 1 saturated heterocycles. The fourth-order valence-corrected chi connectivity index (χ4v) is 2.70. The van der Waals surface area contributed by atoms with Gasteiger partial charge in [0.1, 0.15) is 0 Å². The molecule has 2 rings (SSSR count). The second kappa shape index (κ2) is 4.52. The molecule has 1 aliphatic heterocycles. The molecule has 0 aromatic heterocycles. The minimum atomic E-state index is -5.01. The van der Waals surface area contributed by atoms with Crippen molar-refractivity contribution in [2.24, 2.45) is 0 Å². The van der Waals surface area contributed by atoms with E-state index in [4.69, 9.17) is 23.2 Å². The molecule has 19 heavy (non-hydrogen) atoms. The molecule has 0 bridgehead atoms. The van der Waals surface area contributed by atoms with Crippen LogP contribution in [0, 0.1) is 0 Å². The number of carbonyl (C=O) groups excluding carboxylic acids is 1. The van der Waals surface area contributed by atoms with Crippen LogP contribution >= 0.6 is 23.2 Å². The quantitative estimate of drug-likeness (QED) is 0.726. The fraction of sp³-hybridized carbons (Fsp3) is 0.364. The number of nitrogens with zero attached hydrogens (tertiary/aromatic N) is 1. The molecule has 0 spiro atoms. The van der Waals surface area contributed by atoms with Crippen LogP contribution in [-0.2, 0) is 10.5 Å². The Balaban J connectivity index is 2.20. The van der Waals surface area contributed by atoms with E-state index in [9.17, 15) is 22.4 Å². The fourth-order valence-electron chi connectivity index (χ4n) is 1.97. The van der Waals surface area contributed by atoms with E-state index in [2.05, 4.69) is 0 Å². The van der Waals surface area contributed by atoms with Crippen LogP contribution in [0.5, 0.6) is 0 Å². The molecule has 1 aromatic rings. The Morgan fingerprint density at radius 3 is 2.11 bits per heavy atom. The first-order valence-corrected chi connectivity index (χ1v) is 5.90. The van der Waals surface area contributed by atoms with Gasteiger partial charge in [0.05, 0.1) is 13.1 Å². The van der Waals surface area contributed by atoms with Gasteiger partial charge in [-0.05, 0) is 12.1 Å². The minimum Gasteiger partial charge on any atom is -0.328 e. The number of hydrogen-bond acceptors (Lipinski definition) is 1. The predicted octanol–water partition coefficient (Wildman–Crippen LogP) is 3.56. The average molecular weight is 316 g/mol. The lowest BCUT2D eigenvalue weighted by molar-refractivity contribution is -0.198. The predicted molar refractivity (Wildman–Crippen MR) is 61.9 cm³/mol. The third-order valence-corrected chi connectivity index (χ3v) is 3.45. The molecule has 104 valence electrons. The average Bonchev–Trinajstić information content (AvgIpc) is 2.22. The van der Waals surface area contributed by atoms with Gasteiger partial charge in [-0.3, -0.25) is 4.79 Å². The molecule has 1 heterocycles. The van der Waals surface area contributed by atoms with Gasteiger partial charge in [0, 0.05) is 15.6 Å². The molecule has 1 aromatic carbocycles. The zero-order valence-corrected chi connectivity index (χ0v) is 10.8. The molecule has 1 fully saturated rings. The van der Waals surface area contributed by atoms with E-state index >= 15 is 0 Å². The number of alkyl halides is 4. The van der Waals surface area contributed by atoms with Crippen LogP contribution in [0.15, 0.2) is 18.2 Å². The van der Waals surface area contributed by atoms with Crippen LogP contribution in [-0.4, -0.2) is 30.1 Å². The summed E-state index contributed by atoms with van der Waals surface area (Å²) in [6.07, 6.45) is -5.01. The van der Waals surface area contributed by atoms with Crippen molar-refractivity contribution < 1.29 is 22.4 Å². The highest BCUT2D eigenvalue weighted by Crippen LogP contribution is 2.44. The SMILES string of the molecule is O=C(N1CC(F)(c2c(Cl)cccc2Cl)C1)C(F)(F)F. The Hall–Kier alpha value is -1.01. The molecule has 2 nitrogen and oxygen atoms in total. The highest BCUT2D eigenvalue weighted by molar-refractivity contribution is 6.36. The number of likely N-dealkylation sites (tertiary alicyclic amines) is 1. The van der Waals surface area contributed by atoms with Gasteiger partial charge < -0.3 is 4.90 Å². The first-order chi connectivity index (χ1) is 8.65. The summed E-state index contributed by atoms with van der Waals surface area (Å²) in [6.45, 7) is -1.43. The monoisotopic (exact) mass is 315 g/mol. The maximum atomic E-state index is 14.4. The van der Waals surface area contributed by atoms with E-state index in [1.165, 1.54) is 18.2 Å². The summed E-state index contributed by atoms with van der Waals surface area (Å²) in [4.78, 5) is 11.3. The van der Waals surface area contributed by atoms with Gasteiger partial charge in [0.2, 0.25) is 0 Å². The second-order valence-corrected chi connectivity index (χ2v) is 5.04. The highest BCUT2D eigenvalue weighted by Gasteiger charge is 2.55. The number of benzene rings is 1. The first-order valence-electron chi connectivity index (χ1n) is 5.15. The summed E-state index contributed by atoms with van der Waals surface area (Å²) >= 11 is 11.6. The smallest absolute Gasteiger partial charge is 0.328 e. The lowest BCUT2D eigenvalue weighted by Crippen LogP contribution is -2.61. The third kappa shape index (κ3) is 2.51. The largest absolute Gasteiger partial charge is 0.471 e. The van der Waals surface area contributed by atoms with Crippen molar-refractivity contribution in [1.82, 2.24) is 4.90 Å². The summed E-state index contributed by atoms with van der Waals surface area (Å²) in [5.74, 6) is -2.07. The molecular formula is C11H7Cl2F4NO. The van der Waals surface area contributed by atoms with Crippen molar-refractivity contribution in [3.63, 3.8) is 0 Å². The minimum absolute atomic E-state index is 0.0223. The molecule has 8 heteroatoms. The molecule has 0 unspecified atom stereocenters. The normalized spacial score (nSPS) is 18.1. The summed E-state index contributed by atoms with van der Waals surface area (Å²) in [5.41, 5.74) is -2.22. The van der Waals surface area contributed by atoms with E-state index in [0.29, 0.717) is 4.90 Å². The standard InChI is InChI=1S/C11H7Cl2F4NO/c12-6-2-1-3-7(13)8(6)10(14)4-18(5-10)9(19)11(15,16)17/h1-3H,4-5H2. The lowest BCUT2D eigenvalue weighted by atomic mass is 9.87. The van der Waals surface area contributed by atoms with Crippen molar-refractivity contribution in [2.75, 3.05) is 13.1 Å². The number of amides is 1. The topological polar surface area (TPSA) is 20.3 Å². The van der Waals surface area contributed by atoms with Crippen LogP contribution in [0.25, 0.3) is 0 Å². The summed E-state index contributed by atoms with van der Waals surface area (Å²) in [5, 5.41) is 0.0446. The van der Waals surface area contributed by atoms with Crippen LogP contribution in [0.4, 0.5) is 17.6 Å². The van der Waals surface area contributed by atoms with Crippen molar-refractivity contribution in [1.29, 1.82) is 0 Å². The Bertz CT molecular complexity index is 506. The van der Waals surface area contributed by atoms with Crippen LogP contribution in [0.3, 0.4) is 0 Å². The highest BCUT2D eigenvalue weighted by atomic mass is 35.5. The Morgan fingerprint density at radius 2 is 1.68 bits per heavy atom. The zero-order chi connectivity index (χ0) is 14.4. The van der Waals surface area contributed by atoms with Gasteiger partial charge in [-0.15, -0.1) is 0 Å². The number of rotatable bonds is 1. The summed E-state index contributed by atoms with van der Waals surface area (Å²) < 4.78 is 50.9. The van der Waals surface area contributed by atoms with Crippen molar-refractivity contribution in [3.05, 3.63) is 33.8 Å². The maximum Gasteiger partial charge on any atom is 0.471 e. The van der Waals surface area contributed by atoms with Gasteiger partial charge >= 0.3 is 12.1 Å². The Morgan fingerprint density at radius 1 is 1.21 bits per heavy atom. The molecule has 0 saturated carbocycles. The number of halogens is 6. The van der Waals surface area contributed by atoms with Gasteiger partial charge in [-0.25, -0.2) is 4.39 Å². The Kier molecular flexibility index (Phi) is 3.43. The van der Waals surface area contributed by atoms with Gasteiger partial charge in [0.25, 0.3) is 0 Å². The molecule has 0 radical (unpaired) electrons. The molecule has 0 atom stereocenters. The number of hydrogen-bond donors (Lipinski definition) is 0. The van der Waals surface area contributed by atoms with Gasteiger partial charge in [0.15, 0.2) is 5.67 Å². The van der Waals surface area contributed by atoms with E-state index in [1.807, 2.05) is 0 Å². The zero-order valence-electron chi connectivity index (χ0n) is 9.27. The van der Waals surface area contributed by atoms with E-state index in [1.54, 1.807) is 0 Å². The summed E-state index contributed by atoms with van der Waals surface area (Å²) in [7, 11) is 0. The first kappa shape index (κ1) is 14.4. The molecule has 0 N–H and O–H groups in total. The maximum absolute atomic E-state index is 14.4. The summed E-state index contributed by atoms with van der Waals surface area (Å²) in [6, 6.07) is 4.27. The molecule has 1 aliphatic rings. The van der Waals surface area contributed by atoms with E-state index < -0.39 is 30.8 Å². The van der Waals surface area contributed by atoms with Crippen molar-refractivity contribution in [2.45, 2.75) is 11.8 Å². The van der Waals surface area contributed by atoms with E-state index in [-0.39, 0.29) is 15.6 Å². The van der Waals surface area contributed by atoms with E-state index in [0.717, 1.165) is 0 Å².